The SMILES string of the molecule is Nc1ncc(C2CCN(CC(F)(F)F)CC2)c(N)n1. The molecule has 5 nitrogen and oxygen atoms in total. The molecule has 0 radical (unpaired) electrons. The van der Waals surface area contributed by atoms with E-state index in [0.29, 0.717) is 31.7 Å². The highest BCUT2D eigenvalue weighted by Crippen LogP contribution is 2.31. The van der Waals surface area contributed by atoms with Crippen molar-refractivity contribution in [3.8, 4) is 0 Å². The summed E-state index contributed by atoms with van der Waals surface area (Å²) in [4.78, 5) is 9.17. The molecule has 106 valence electrons. The number of halogens is 3. The van der Waals surface area contributed by atoms with Gasteiger partial charge in [-0.25, -0.2) is 4.98 Å². The van der Waals surface area contributed by atoms with E-state index in [1.165, 1.54) is 4.90 Å². The number of hydrogen-bond acceptors (Lipinski definition) is 5. The lowest BCUT2D eigenvalue weighted by molar-refractivity contribution is -0.147. The molecule has 0 atom stereocenters. The summed E-state index contributed by atoms with van der Waals surface area (Å²) in [5, 5.41) is 0. The molecule has 1 aromatic rings. The molecule has 0 aliphatic carbocycles. The standard InChI is InChI=1S/C11H16F3N5/c12-11(13,14)6-19-3-1-7(2-4-19)8-5-17-10(16)18-9(8)15/h5,7H,1-4,6H2,(H4,15,16,17,18). The van der Waals surface area contributed by atoms with Crippen LogP contribution >= 0.6 is 0 Å². The zero-order valence-electron chi connectivity index (χ0n) is 10.3. The zero-order valence-corrected chi connectivity index (χ0v) is 10.3. The predicted molar refractivity (Wildman–Crippen MR) is 65.3 cm³/mol. The van der Waals surface area contributed by atoms with Gasteiger partial charge in [-0.2, -0.15) is 18.2 Å². The Morgan fingerprint density at radius 1 is 1.26 bits per heavy atom. The van der Waals surface area contributed by atoms with Crippen molar-refractivity contribution in [3.63, 3.8) is 0 Å². The van der Waals surface area contributed by atoms with Gasteiger partial charge in [-0.15, -0.1) is 0 Å². The van der Waals surface area contributed by atoms with Crippen LogP contribution in [0.3, 0.4) is 0 Å². The quantitative estimate of drug-likeness (QED) is 0.852. The van der Waals surface area contributed by atoms with Crippen LogP contribution in [-0.4, -0.2) is 40.7 Å². The van der Waals surface area contributed by atoms with Crippen molar-refractivity contribution in [1.82, 2.24) is 14.9 Å². The van der Waals surface area contributed by atoms with Crippen LogP contribution in [0.5, 0.6) is 0 Å². The van der Waals surface area contributed by atoms with Crippen LogP contribution in [0, 0.1) is 0 Å². The Bertz CT molecular complexity index is 440. The van der Waals surface area contributed by atoms with Gasteiger partial charge in [0.1, 0.15) is 5.82 Å². The molecule has 0 aromatic carbocycles. The monoisotopic (exact) mass is 275 g/mol. The molecule has 1 aliphatic heterocycles. The van der Waals surface area contributed by atoms with Crippen molar-refractivity contribution < 1.29 is 13.2 Å². The van der Waals surface area contributed by atoms with Gasteiger partial charge in [-0.05, 0) is 31.8 Å². The van der Waals surface area contributed by atoms with Gasteiger partial charge in [0.2, 0.25) is 5.95 Å². The van der Waals surface area contributed by atoms with Gasteiger partial charge < -0.3 is 11.5 Å². The second-order valence-electron chi connectivity index (χ2n) is 4.73. The number of piperidine rings is 1. The third kappa shape index (κ3) is 3.69. The molecule has 0 saturated carbocycles. The summed E-state index contributed by atoms with van der Waals surface area (Å²) in [6.45, 7) is -0.0601. The summed E-state index contributed by atoms with van der Waals surface area (Å²) in [6.07, 6.45) is -1.33. The molecular formula is C11H16F3N5. The molecule has 2 heterocycles. The fourth-order valence-corrected chi connectivity index (χ4v) is 2.39. The van der Waals surface area contributed by atoms with Gasteiger partial charge in [-0.3, -0.25) is 4.90 Å². The average Bonchev–Trinajstić information content (AvgIpc) is 2.28. The first-order valence-electron chi connectivity index (χ1n) is 6.02. The minimum absolute atomic E-state index is 0.102. The van der Waals surface area contributed by atoms with E-state index in [4.69, 9.17) is 11.5 Å². The van der Waals surface area contributed by atoms with Crippen LogP contribution in [0.15, 0.2) is 6.20 Å². The van der Waals surface area contributed by atoms with E-state index >= 15 is 0 Å². The number of rotatable bonds is 2. The molecule has 2 rings (SSSR count). The van der Waals surface area contributed by atoms with Crippen LogP contribution in [0.1, 0.15) is 24.3 Å². The molecule has 0 amide bonds. The maximum Gasteiger partial charge on any atom is 0.401 e. The summed E-state index contributed by atoms with van der Waals surface area (Å²) in [7, 11) is 0. The number of alkyl halides is 3. The molecule has 4 N–H and O–H groups in total. The van der Waals surface area contributed by atoms with Crippen LogP contribution in [0.2, 0.25) is 0 Å². The normalized spacial score (nSPS) is 18.7. The third-order valence-electron chi connectivity index (χ3n) is 3.30. The first-order chi connectivity index (χ1) is 8.85. The molecule has 1 saturated heterocycles. The highest BCUT2D eigenvalue weighted by Gasteiger charge is 2.33. The number of likely N-dealkylation sites (tertiary alicyclic amines) is 1. The molecule has 0 spiro atoms. The second-order valence-corrected chi connectivity index (χ2v) is 4.73. The number of nitrogens with zero attached hydrogens (tertiary/aromatic N) is 3. The van der Waals surface area contributed by atoms with Crippen molar-refractivity contribution in [1.29, 1.82) is 0 Å². The molecule has 0 unspecified atom stereocenters. The van der Waals surface area contributed by atoms with Gasteiger partial charge in [0, 0.05) is 11.8 Å². The van der Waals surface area contributed by atoms with Gasteiger partial charge in [-0.1, -0.05) is 0 Å². The van der Waals surface area contributed by atoms with Crippen LogP contribution in [-0.2, 0) is 0 Å². The number of hydrogen-bond donors (Lipinski definition) is 2. The molecule has 19 heavy (non-hydrogen) atoms. The lowest BCUT2D eigenvalue weighted by Crippen LogP contribution is -2.39. The Labute approximate surface area is 108 Å². The van der Waals surface area contributed by atoms with Gasteiger partial charge >= 0.3 is 6.18 Å². The van der Waals surface area contributed by atoms with Crippen LogP contribution in [0.4, 0.5) is 24.9 Å². The van der Waals surface area contributed by atoms with E-state index in [1.807, 2.05) is 0 Å². The average molecular weight is 275 g/mol. The highest BCUT2D eigenvalue weighted by molar-refractivity contribution is 5.43. The summed E-state index contributed by atoms with van der Waals surface area (Å²) < 4.78 is 36.8. The van der Waals surface area contributed by atoms with Crippen molar-refractivity contribution in [2.24, 2.45) is 0 Å². The van der Waals surface area contributed by atoms with E-state index in [0.717, 1.165) is 5.56 Å². The summed E-state index contributed by atoms with van der Waals surface area (Å²) >= 11 is 0. The summed E-state index contributed by atoms with van der Waals surface area (Å²) in [6, 6.07) is 0. The third-order valence-corrected chi connectivity index (χ3v) is 3.30. The summed E-state index contributed by atoms with van der Waals surface area (Å²) in [5.41, 5.74) is 12.0. The molecular weight excluding hydrogens is 259 g/mol. The molecule has 1 aromatic heterocycles. The van der Waals surface area contributed by atoms with E-state index < -0.39 is 12.7 Å². The van der Waals surface area contributed by atoms with Crippen LogP contribution in [0.25, 0.3) is 0 Å². The van der Waals surface area contributed by atoms with Gasteiger partial charge in [0.15, 0.2) is 0 Å². The van der Waals surface area contributed by atoms with Crippen molar-refractivity contribution in [2.75, 3.05) is 31.1 Å². The largest absolute Gasteiger partial charge is 0.401 e. The maximum absolute atomic E-state index is 12.3. The summed E-state index contributed by atoms with van der Waals surface area (Å²) in [5.74, 6) is 0.530. The molecule has 0 bridgehead atoms. The minimum atomic E-state index is -4.14. The minimum Gasteiger partial charge on any atom is -0.383 e. The Kier molecular flexibility index (Phi) is 3.79. The van der Waals surface area contributed by atoms with E-state index in [2.05, 4.69) is 9.97 Å². The first kappa shape index (κ1) is 13.9. The van der Waals surface area contributed by atoms with Crippen molar-refractivity contribution >= 4 is 11.8 Å². The Balaban J connectivity index is 1.96. The molecule has 8 heteroatoms. The second kappa shape index (κ2) is 5.20. The number of aromatic nitrogens is 2. The van der Waals surface area contributed by atoms with E-state index in [9.17, 15) is 13.2 Å². The van der Waals surface area contributed by atoms with E-state index in [-0.39, 0.29) is 11.9 Å². The fourth-order valence-electron chi connectivity index (χ4n) is 2.39. The first-order valence-corrected chi connectivity index (χ1v) is 6.02. The zero-order chi connectivity index (χ0) is 14.0. The predicted octanol–water partition coefficient (Wildman–Crippen LogP) is 1.38. The molecule has 1 aliphatic rings. The number of nitrogen functional groups attached to an aromatic ring is 2. The Morgan fingerprint density at radius 3 is 2.42 bits per heavy atom. The molecule has 1 fully saturated rings. The fraction of sp³-hybridized carbons (Fsp3) is 0.636. The Hall–Kier alpha value is -1.57. The van der Waals surface area contributed by atoms with Crippen molar-refractivity contribution in [3.05, 3.63) is 11.8 Å². The topological polar surface area (TPSA) is 81.1 Å². The van der Waals surface area contributed by atoms with Gasteiger partial charge in [0.25, 0.3) is 0 Å². The van der Waals surface area contributed by atoms with Crippen LogP contribution < -0.4 is 11.5 Å². The lowest BCUT2D eigenvalue weighted by Gasteiger charge is -2.32. The lowest BCUT2D eigenvalue weighted by atomic mass is 9.90. The van der Waals surface area contributed by atoms with Gasteiger partial charge in [0.05, 0.1) is 6.54 Å². The Morgan fingerprint density at radius 2 is 1.89 bits per heavy atom. The highest BCUT2D eigenvalue weighted by atomic mass is 19.4. The number of anilines is 2. The van der Waals surface area contributed by atoms with E-state index in [1.54, 1.807) is 6.20 Å². The smallest absolute Gasteiger partial charge is 0.383 e. The van der Waals surface area contributed by atoms with Crippen molar-refractivity contribution in [2.45, 2.75) is 24.9 Å². The maximum atomic E-state index is 12.3. The number of nitrogens with two attached hydrogens (primary N) is 2.